The maximum absolute atomic E-state index is 12.3. The Balaban J connectivity index is 1.63. The predicted molar refractivity (Wildman–Crippen MR) is 90.6 cm³/mol. The van der Waals surface area contributed by atoms with E-state index < -0.39 is 0 Å². The molecule has 0 radical (unpaired) electrons. The summed E-state index contributed by atoms with van der Waals surface area (Å²) >= 11 is 2.22. The fourth-order valence-corrected chi connectivity index (χ4v) is 3.70. The molecule has 3 atom stereocenters. The monoisotopic (exact) mass is 415 g/mol. The molecule has 2 aliphatic heterocycles. The number of piperidine rings is 1. The number of nitrogens with one attached hydrogen (secondary N) is 2. The van der Waals surface area contributed by atoms with E-state index in [0.717, 1.165) is 28.6 Å². The van der Waals surface area contributed by atoms with E-state index in [2.05, 4.69) is 27.9 Å². The lowest BCUT2D eigenvalue weighted by molar-refractivity contribution is -0.951. The summed E-state index contributed by atoms with van der Waals surface area (Å²) < 4.78 is 6.40. The van der Waals surface area contributed by atoms with Gasteiger partial charge in [-0.05, 0) is 59.7 Å². The van der Waals surface area contributed by atoms with Gasteiger partial charge in [-0.2, -0.15) is 0 Å². The number of cyclic esters (lactones) is 1. The molecule has 6 heteroatoms. The third-order valence-corrected chi connectivity index (χ3v) is 5.19. The number of anilines is 1. The molecule has 1 amide bonds. The average molecular weight is 415 g/mol. The summed E-state index contributed by atoms with van der Waals surface area (Å²) in [5.41, 5.74) is 0.764. The topological polar surface area (TPSA) is 59.8 Å². The van der Waals surface area contributed by atoms with Crippen molar-refractivity contribution < 1.29 is 19.2 Å². The lowest BCUT2D eigenvalue weighted by Gasteiger charge is -2.40. The number of benzene rings is 1. The van der Waals surface area contributed by atoms with Gasteiger partial charge in [-0.3, -0.25) is 4.79 Å². The van der Waals surface area contributed by atoms with Gasteiger partial charge in [0.1, 0.15) is 12.6 Å². The first-order valence-corrected chi connectivity index (χ1v) is 8.79. The minimum atomic E-state index is -0.358. The largest absolute Gasteiger partial charge is 0.455 e. The third-order valence-electron chi connectivity index (χ3n) is 4.47. The minimum Gasteiger partial charge on any atom is -0.455 e. The second kappa shape index (κ2) is 6.95. The maximum Gasteiger partial charge on any atom is 0.365 e. The fourth-order valence-electron chi connectivity index (χ4n) is 3.34. The molecule has 3 rings (SSSR count). The van der Waals surface area contributed by atoms with Gasteiger partial charge in [0.2, 0.25) is 5.91 Å². The zero-order valence-corrected chi connectivity index (χ0v) is 14.5. The van der Waals surface area contributed by atoms with Gasteiger partial charge in [-0.25, -0.2) is 4.79 Å². The lowest BCUT2D eigenvalue weighted by Crippen LogP contribution is -3.22. The average Bonchev–Trinajstić information content (AvgIpc) is 2.52. The standard InChI is InChI=1S/C16H19IN2O3/c17-11-4-6-12(7-5-11)18-15(20)9-14-16(21)22-10-13-3-1-2-8-19(13)14/h4-7,13-14H,1-3,8-10H2,(H,18,20)/p+1/t13-,14+/m1/s1. The summed E-state index contributed by atoms with van der Waals surface area (Å²) in [6, 6.07) is 7.63. The van der Waals surface area contributed by atoms with Crippen LogP contribution < -0.4 is 10.2 Å². The normalized spacial score (nSPS) is 27.7. The van der Waals surface area contributed by atoms with Crippen molar-refractivity contribution in [3.05, 3.63) is 27.8 Å². The molecule has 2 aliphatic rings. The number of hydrogen-bond acceptors (Lipinski definition) is 3. The molecule has 2 fully saturated rings. The molecule has 0 bridgehead atoms. The molecule has 2 heterocycles. The number of halogens is 1. The molecule has 118 valence electrons. The molecule has 0 saturated carbocycles. The minimum absolute atomic E-state index is 0.123. The fraction of sp³-hybridized carbons (Fsp3) is 0.500. The summed E-state index contributed by atoms with van der Waals surface area (Å²) in [7, 11) is 0. The van der Waals surface area contributed by atoms with Gasteiger partial charge in [0.25, 0.3) is 0 Å². The highest BCUT2D eigenvalue weighted by atomic mass is 127. The van der Waals surface area contributed by atoms with Crippen LogP contribution >= 0.6 is 22.6 Å². The summed E-state index contributed by atoms with van der Waals surface area (Å²) in [5, 5.41) is 2.87. The molecule has 0 aromatic heterocycles. The molecular weight excluding hydrogens is 395 g/mol. The summed E-state index contributed by atoms with van der Waals surface area (Å²) in [4.78, 5) is 25.5. The Morgan fingerprint density at radius 1 is 1.32 bits per heavy atom. The van der Waals surface area contributed by atoms with Crippen LogP contribution in [0.3, 0.4) is 0 Å². The first-order valence-electron chi connectivity index (χ1n) is 7.71. The molecule has 0 aliphatic carbocycles. The van der Waals surface area contributed by atoms with Gasteiger partial charge in [-0.15, -0.1) is 0 Å². The van der Waals surface area contributed by atoms with Crippen LogP contribution in [0.2, 0.25) is 0 Å². The van der Waals surface area contributed by atoms with E-state index >= 15 is 0 Å². The van der Waals surface area contributed by atoms with Crippen molar-refractivity contribution in [2.24, 2.45) is 0 Å². The van der Waals surface area contributed by atoms with Crippen molar-refractivity contribution in [1.82, 2.24) is 0 Å². The Kier molecular flexibility index (Phi) is 4.97. The molecular formula is C16H20IN2O3+. The van der Waals surface area contributed by atoms with Crippen LogP contribution in [0.25, 0.3) is 0 Å². The molecule has 2 N–H and O–H groups in total. The number of morpholine rings is 1. The predicted octanol–water partition coefficient (Wildman–Crippen LogP) is 0.983. The smallest absolute Gasteiger partial charge is 0.365 e. The third kappa shape index (κ3) is 3.60. The lowest BCUT2D eigenvalue weighted by atomic mass is 9.97. The summed E-state index contributed by atoms with van der Waals surface area (Å²) in [6.45, 7) is 1.46. The number of amides is 1. The van der Waals surface area contributed by atoms with Crippen molar-refractivity contribution >= 4 is 40.2 Å². The second-order valence-electron chi connectivity index (χ2n) is 5.96. The highest BCUT2D eigenvalue weighted by Gasteiger charge is 2.43. The number of ether oxygens (including phenoxy) is 1. The second-order valence-corrected chi connectivity index (χ2v) is 7.21. The molecule has 0 spiro atoms. The summed E-state index contributed by atoms with van der Waals surface area (Å²) in [6.07, 6.45) is 3.58. The van der Waals surface area contributed by atoms with Crippen LogP contribution in [0, 0.1) is 3.57 Å². The maximum atomic E-state index is 12.3. The van der Waals surface area contributed by atoms with Gasteiger partial charge in [0.05, 0.1) is 13.0 Å². The van der Waals surface area contributed by atoms with Gasteiger partial charge in [0.15, 0.2) is 6.04 Å². The van der Waals surface area contributed by atoms with E-state index in [1.807, 2.05) is 24.3 Å². The molecule has 1 aromatic carbocycles. The highest BCUT2D eigenvalue weighted by molar-refractivity contribution is 14.1. The number of esters is 1. The van der Waals surface area contributed by atoms with Crippen LogP contribution in [0.4, 0.5) is 5.69 Å². The zero-order chi connectivity index (χ0) is 15.5. The number of carbonyl (C=O) groups is 2. The van der Waals surface area contributed by atoms with Crippen LogP contribution in [0.1, 0.15) is 25.7 Å². The van der Waals surface area contributed by atoms with Crippen molar-refractivity contribution in [2.75, 3.05) is 18.5 Å². The van der Waals surface area contributed by atoms with Crippen LogP contribution in [-0.2, 0) is 14.3 Å². The van der Waals surface area contributed by atoms with E-state index in [4.69, 9.17) is 4.74 Å². The number of fused-ring (bicyclic) bond motifs is 1. The van der Waals surface area contributed by atoms with Crippen molar-refractivity contribution in [3.63, 3.8) is 0 Å². The van der Waals surface area contributed by atoms with E-state index in [0.29, 0.717) is 12.6 Å². The van der Waals surface area contributed by atoms with Crippen molar-refractivity contribution in [2.45, 2.75) is 37.8 Å². The Morgan fingerprint density at radius 2 is 2.09 bits per heavy atom. The van der Waals surface area contributed by atoms with Crippen LogP contribution in [0.5, 0.6) is 0 Å². The van der Waals surface area contributed by atoms with E-state index in [-0.39, 0.29) is 24.3 Å². The SMILES string of the molecule is O=C(C[C@H]1C(=O)OC[C@H]2CCCC[NH+]21)Nc1ccc(I)cc1. The van der Waals surface area contributed by atoms with E-state index in [9.17, 15) is 9.59 Å². The molecule has 1 aromatic rings. The number of hydrogen-bond donors (Lipinski definition) is 2. The highest BCUT2D eigenvalue weighted by Crippen LogP contribution is 2.13. The number of carbonyl (C=O) groups excluding carboxylic acids is 2. The summed E-state index contributed by atoms with van der Waals surface area (Å²) in [5.74, 6) is -0.354. The molecule has 22 heavy (non-hydrogen) atoms. The first kappa shape index (κ1) is 15.7. The van der Waals surface area contributed by atoms with Crippen molar-refractivity contribution in [3.8, 4) is 0 Å². The molecule has 1 unspecified atom stereocenters. The Bertz CT molecular complexity index is 561. The van der Waals surface area contributed by atoms with Crippen molar-refractivity contribution in [1.29, 1.82) is 0 Å². The zero-order valence-electron chi connectivity index (χ0n) is 12.3. The quantitative estimate of drug-likeness (QED) is 0.572. The molecule has 2 saturated heterocycles. The van der Waals surface area contributed by atoms with Gasteiger partial charge in [0, 0.05) is 15.7 Å². The first-order chi connectivity index (χ1) is 10.6. The van der Waals surface area contributed by atoms with Crippen LogP contribution in [-0.4, -0.2) is 37.1 Å². The number of rotatable bonds is 3. The van der Waals surface area contributed by atoms with Gasteiger partial charge >= 0.3 is 5.97 Å². The van der Waals surface area contributed by atoms with Gasteiger partial charge < -0.3 is 15.0 Å². The Labute approximate surface area is 143 Å². The van der Waals surface area contributed by atoms with E-state index in [1.54, 1.807) is 0 Å². The molecule has 5 nitrogen and oxygen atoms in total. The Hall–Kier alpha value is -1.15. The number of quaternary nitrogens is 1. The van der Waals surface area contributed by atoms with Crippen LogP contribution in [0.15, 0.2) is 24.3 Å². The van der Waals surface area contributed by atoms with E-state index in [1.165, 1.54) is 11.3 Å². The van der Waals surface area contributed by atoms with Gasteiger partial charge in [-0.1, -0.05) is 0 Å². The Morgan fingerprint density at radius 3 is 2.86 bits per heavy atom.